The van der Waals surface area contributed by atoms with Crippen molar-refractivity contribution < 1.29 is 17.6 Å². The molecule has 0 aliphatic carbocycles. The van der Waals surface area contributed by atoms with E-state index in [0.717, 1.165) is 0 Å². The SMILES string of the molecule is CC(=O)Nc1ccc(S(=O)(=O)N2CCN(Cc3cc(=O)n4nc(-c5cccc(F)c5)sc4n3)CC2)cc1. The highest BCUT2D eigenvalue weighted by molar-refractivity contribution is 7.89. The fraction of sp³-hybridized carbons (Fsp3) is 0.250. The Morgan fingerprint density at radius 3 is 2.49 bits per heavy atom. The average Bonchev–Trinajstić information content (AvgIpc) is 3.29. The lowest BCUT2D eigenvalue weighted by atomic mass is 10.2. The molecule has 1 aliphatic heterocycles. The Bertz CT molecular complexity index is 1630. The van der Waals surface area contributed by atoms with Crippen molar-refractivity contribution in [2.75, 3.05) is 31.5 Å². The minimum atomic E-state index is -3.67. The van der Waals surface area contributed by atoms with Crippen LogP contribution in [0, 0.1) is 5.82 Å². The third kappa shape index (κ3) is 5.44. The number of halogens is 1. The van der Waals surface area contributed by atoms with Gasteiger partial charge in [-0.2, -0.15) is 13.9 Å². The Balaban J connectivity index is 1.26. The van der Waals surface area contributed by atoms with Gasteiger partial charge in [-0.05, 0) is 36.4 Å². The van der Waals surface area contributed by atoms with E-state index in [1.165, 1.54) is 57.4 Å². The van der Waals surface area contributed by atoms with Crippen molar-refractivity contribution >= 4 is 37.9 Å². The normalized spacial score (nSPS) is 15.2. The van der Waals surface area contributed by atoms with Gasteiger partial charge in [-0.3, -0.25) is 14.5 Å². The van der Waals surface area contributed by atoms with E-state index in [1.54, 1.807) is 24.3 Å². The standard InChI is InChI=1S/C24H23FN6O4S2/c1-16(32)26-19-5-7-21(8-6-19)37(34,35)30-11-9-29(10-12-30)15-20-14-22(33)31-24(27-20)36-23(28-31)17-3-2-4-18(25)13-17/h2-8,13-14H,9-12,15H2,1H3,(H,26,32). The smallest absolute Gasteiger partial charge is 0.275 e. The van der Waals surface area contributed by atoms with Gasteiger partial charge >= 0.3 is 0 Å². The number of hydrogen-bond acceptors (Lipinski definition) is 8. The second kappa shape index (κ2) is 10.1. The molecule has 0 radical (unpaired) electrons. The van der Waals surface area contributed by atoms with E-state index in [0.29, 0.717) is 59.6 Å². The molecule has 10 nitrogen and oxygen atoms in total. The van der Waals surface area contributed by atoms with Gasteiger partial charge in [0.15, 0.2) is 0 Å². The summed E-state index contributed by atoms with van der Waals surface area (Å²) in [4.78, 5) is 31.0. The number of nitrogens with one attached hydrogen (secondary N) is 1. The van der Waals surface area contributed by atoms with Crippen LogP contribution in [0.25, 0.3) is 15.5 Å². The summed E-state index contributed by atoms with van der Waals surface area (Å²) in [5.41, 5.74) is 1.33. The number of fused-ring (bicyclic) bond motifs is 1. The molecule has 0 atom stereocenters. The summed E-state index contributed by atoms with van der Waals surface area (Å²) in [6, 6.07) is 13.5. The van der Waals surface area contributed by atoms with E-state index >= 15 is 0 Å². The lowest BCUT2D eigenvalue weighted by Gasteiger charge is -2.33. The third-order valence-electron chi connectivity index (χ3n) is 5.90. The van der Waals surface area contributed by atoms with E-state index in [9.17, 15) is 22.4 Å². The van der Waals surface area contributed by atoms with Crippen molar-refractivity contribution in [3.8, 4) is 10.6 Å². The van der Waals surface area contributed by atoms with Gasteiger partial charge in [0.05, 0.1) is 10.6 Å². The van der Waals surface area contributed by atoms with Crippen LogP contribution in [0.1, 0.15) is 12.6 Å². The van der Waals surface area contributed by atoms with Crippen molar-refractivity contribution in [3.63, 3.8) is 0 Å². The quantitative estimate of drug-likeness (QED) is 0.398. The number of hydrogen-bond donors (Lipinski definition) is 1. The molecule has 1 N–H and O–H groups in total. The van der Waals surface area contributed by atoms with Crippen molar-refractivity contribution in [2.45, 2.75) is 18.4 Å². The molecule has 3 heterocycles. The molecule has 1 amide bonds. The van der Waals surface area contributed by atoms with Crippen molar-refractivity contribution in [1.82, 2.24) is 23.8 Å². The van der Waals surface area contributed by atoms with Crippen LogP contribution >= 0.6 is 11.3 Å². The number of amides is 1. The number of anilines is 1. The van der Waals surface area contributed by atoms with E-state index in [-0.39, 0.29) is 22.2 Å². The molecule has 2 aromatic heterocycles. The fourth-order valence-corrected chi connectivity index (χ4v) is 6.44. The first kappa shape index (κ1) is 25.1. The highest BCUT2D eigenvalue weighted by Gasteiger charge is 2.28. The molecule has 0 unspecified atom stereocenters. The summed E-state index contributed by atoms with van der Waals surface area (Å²) in [6.07, 6.45) is 0. The molecular weight excluding hydrogens is 519 g/mol. The zero-order valence-electron chi connectivity index (χ0n) is 19.8. The van der Waals surface area contributed by atoms with Crippen LogP contribution in [0.3, 0.4) is 0 Å². The van der Waals surface area contributed by atoms with Gasteiger partial charge in [0.2, 0.25) is 20.9 Å². The van der Waals surface area contributed by atoms with Gasteiger partial charge in [0.1, 0.15) is 10.8 Å². The van der Waals surface area contributed by atoms with Crippen LogP contribution < -0.4 is 10.9 Å². The fourth-order valence-electron chi connectivity index (χ4n) is 4.10. The molecular formula is C24H23FN6O4S2. The molecule has 5 rings (SSSR count). The van der Waals surface area contributed by atoms with Gasteiger partial charge < -0.3 is 5.32 Å². The topological polar surface area (TPSA) is 117 Å². The number of sulfonamides is 1. The average molecular weight is 543 g/mol. The Kier molecular flexibility index (Phi) is 6.86. The Morgan fingerprint density at radius 2 is 1.81 bits per heavy atom. The Labute approximate surface area is 216 Å². The summed E-state index contributed by atoms with van der Waals surface area (Å²) in [5, 5.41) is 7.39. The zero-order chi connectivity index (χ0) is 26.2. The molecule has 192 valence electrons. The summed E-state index contributed by atoms with van der Waals surface area (Å²) in [5.74, 6) is -0.619. The molecule has 4 aromatic rings. The minimum Gasteiger partial charge on any atom is -0.326 e. The number of aromatic nitrogens is 3. The maximum atomic E-state index is 13.6. The second-order valence-electron chi connectivity index (χ2n) is 8.58. The van der Waals surface area contributed by atoms with Crippen molar-refractivity contribution in [3.05, 3.63) is 76.5 Å². The second-order valence-corrected chi connectivity index (χ2v) is 11.5. The van der Waals surface area contributed by atoms with Crippen LogP contribution in [0.4, 0.5) is 10.1 Å². The Hall–Kier alpha value is -3.52. The van der Waals surface area contributed by atoms with E-state index in [2.05, 4.69) is 15.4 Å². The van der Waals surface area contributed by atoms with Gasteiger partial charge in [0.25, 0.3) is 5.56 Å². The first-order valence-electron chi connectivity index (χ1n) is 11.4. The molecule has 1 fully saturated rings. The number of piperazine rings is 1. The summed E-state index contributed by atoms with van der Waals surface area (Å²) < 4.78 is 42.3. The molecule has 0 saturated carbocycles. The lowest BCUT2D eigenvalue weighted by Crippen LogP contribution is -2.48. The van der Waals surface area contributed by atoms with Gasteiger partial charge in [0, 0.05) is 57.0 Å². The molecule has 1 aliphatic rings. The van der Waals surface area contributed by atoms with Crippen LogP contribution in [-0.4, -0.2) is 64.3 Å². The minimum absolute atomic E-state index is 0.162. The molecule has 2 aromatic carbocycles. The first-order valence-corrected chi connectivity index (χ1v) is 13.7. The molecule has 1 saturated heterocycles. The number of rotatable bonds is 6. The lowest BCUT2D eigenvalue weighted by molar-refractivity contribution is -0.114. The van der Waals surface area contributed by atoms with Crippen LogP contribution in [0.2, 0.25) is 0 Å². The van der Waals surface area contributed by atoms with E-state index < -0.39 is 10.0 Å². The first-order chi connectivity index (χ1) is 17.7. The van der Waals surface area contributed by atoms with Gasteiger partial charge in [-0.15, -0.1) is 0 Å². The van der Waals surface area contributed by atoms with Crippen LogP contribution in [-0.2, 0) is 21.4 Å². The maximum Gasteiger partial charge on any atom is 0.275 e. The number of carbonyl (C=O) groups excluding carboxylic acids is 1. The Morgan fingerprint density at radius 1 is 1.08 bits per heavy atom. The highest BCUT2D eigenvalue weighted by Crippen LogP contribution is 2.25. The number of carbonyl (C=O) groups is 1. The van der Waals surface area contributed by atoms with Gasteiger partial charge in [-0.25, -0.2) is 17.8 Å². The predicted molar refractivity (Wildman–Crippen MR) is 137 cm³/mol. The van der Waals surface area contributed by atoms with Gasteiger partial charge in [-0.1, -0.05) is 23.5 Å². The molecule has 0 spiro atoms. The van der Waals surface area contributed by atoms with E-state index in [4.69, 9.17) is 0 Å². The molecule has 13 heteroatoms. The van der Waals surface area contributed by atoms with E-state index in [1.807, 2.05) is 4.90 Å². The number of nitrogens with zero attached hydrogens (tertiary/aromatic N) is 5. The molecule has 0 bridgehead atoms. The van der Waals surface area contributed by atoms with Crippen molar-refractivity contribution in [1.29, 1.82) is 0 Å². The monoisotopic (exact) mass is 542 g/mol. The summed E-state index contributed by atoms with van der Waals surface area (Å²) in [6.45, 7) is 3.31. The third-order valence-corrected chi connectivity index (χ3v) is 8.77. The predicted octanol–water partition coefficient (Wildman–Crippen LogP) is 2.42. The maximum absolute atomic E-state index is 13.6. The summed E-state index contributed by atoms with van der Waals surface area (Å²) >= 11 is 1.20. The zero-order valence-corrected chi connectivity index (χ0v) is 21.4. The van der Waals surface area contributed by atoms with Crippen molar-refractivity contribution in [2.24, 2.45) is 0 Å². The number of benzene rings is 2. The van der Waals surface area contributed by atoms with Crippen LogP contribution in [0.15, 0.2) is 64.3 Å². The highest BCUT2D eigenvalue weighted by atomic mass is 32.2. The van der Waals surface area contributed by atoms with Crippen LogP contribution in [0.5, 0.6) is 0 Å². The molecule has 37 heavy (non-hydrogen) atoms. The summed E-state index contributed by atoms with van der Waals surface area (Å²) in [7, 11) is -3.67. The largest absolute Gasteiger partial charge is 0.326 e.